The summed E-state index contributed by atoms with van der Waals surface area (Å²) in [4.78, 5) is 22.5. The molecule has 0 atom stereocenters. The smallest absolute Gasteiger partial charge is 0.331 e. The Morgan fingerprint density at radius 3 is 2.48 bits per heavy atom. The molecule has 2 rings (SSSR count). The lowest BCUT2D eigenvalue weighted by molar-refractivity contribution is -0.385. The molecule has 0 spiro atoms. The monoisotopic (exact) mass is 417 g/mol. The second kappa shape index (κ2) is 7.89. The van der Waals surface area contributed by atoms with Crippen LogP contribution in [0.4, 0.5) is 24.5 Å². The normalized spacial score (nSPS) is 11.0. The largest absolute Gasteiger partial charge is 0.416 e. The maximum atomic E-state index is 12.8. The third-order valence-electron chi connectivity index (χ3n) is 3.44. The molecule has 0 heterocycles. The number of nitro benzene ring substituents is 1. The zero-order valence-corrected chi connectivity index (χ0v) is 15.1. The highest BCUT2D eigenvalue weighted by molar-refractivity contribution is 7.80. The van der Waals surface area contributed by atoms with Crippen LogP contribution in [0.5, 0.6) is 0 Å². The Labute approximate surface area is 161 Å². The van der Waals surface area contributed by atoms with Gasteiger partial charge in [0.25, 0.3) is 11.6 Å². The Balaban J connectivity index is 2.16. The van der Waals surface area contributed by atoms with Crippen molar-refractivity contribution < 1.29 is 22.9 Å². The van der Waals surface area contributed by atoms with Crippen LogP contribution in [0.2, 0.25) is 5.02 Å². The average molecular weight is 418 g/mol. The summed E-state index contributed by atoms with van der Waals surface area (Å²) in [6, 6.07) is 6.42. The van der Waals surface area contributed by atoms with E-state index in [0.29, 0.717) is 5.56 Å². The second-order valence-corrected chi connectivity index (χ2v) is 6.17. The molecule has 6 nitrogen and oxygen atoms in total. The molecule has 0 aliphatic carbocycles. The average Bonchev–Trinajstić information content (AvgIpc) is 2.55. The molecule has 142 valence electrons. The van der Waals surface area contributed by atoms with Gasteiger partial charge in [0, 0.05) is 17.2 Å². The Morgan fingerprint density at radius 2 is 1.89 bits per heavy atom. The van der Waals surface area contributed by atoms with Crippen LogP contribution in [0, 0.1) is 17.0 Å². The number of thiocarbonyl (C=S) groups is 1. The van der Waals surface area contributed by atoms with Crippen LogP contribution in [0.3, 0.4) is 0 Å². The van der Waals surface area contributed by atoms with Crippen molar-refractivity contribution in [1.82, 2.24) is 5.32 Å². The number of anilines is 1. The van der Waals surface area contributed by atoms with Crippen molar-refractivity contribution in [1.29, 1.82) is 0 Å². The number of rotatable bonds is 3. The number of halogens is 4. The van der Waals surface area contributed by atoms with Gasteiger partial charge in [-0.15, -0.1) is 0 Å². The number of alkyl halides is 3. The van der Waals surface area contributed by atoms with Gasteiger partial charge in [-0.05, 0) is 43.4 Å². The number of nitro groups is 1. The number of amides is 1. The van der Waals surface area contributed by atoms with Crippen molar-refractivity contribution in [3.05, 3.63) is 68.2 Å². The summed E-state index contributed by atoms with van der Waals surface area (Å²) < 4.78 is 38.3. The van der Waals surface area contributed by atoms with Crippen LogP contribution >= 0.6 is 23.8 Å². The van der Waals surface area contributed by atoms with Gasteiger partial charge < -0.3 is 5.32 Å². The molecule has 0 unspecified atom stereocenters. The van der Waals surface area contributed by atoms with E-state index in [4.69, 9.17) is 23.8 Å². The first kappa shape index (κ1) is 20.6. The van der Waals surface area contributed by atoms with Gasteiger partial charge in [0.05, 0.1) is 21.2 Å². The van der Waals surface area contributed by atoms with Crippen molar-refractivity contribution >= 4 is 46.2 Å². The number of carbonyl (C=O) groups excluding carboxylic acids is 1. The molecule has 0 saturated carbocycles. The summed E-state index contributed by atoms with van der Waals surface area (Å²) >= 11 is 10.7. The van der Waals surface area contributed by atoms with E-state index in [-0.39, 0.29) is 27.1 Å². The maximum Gasteiger partial charge on any atom is 0.416 e. The van der Waals surface area contributed by atoms with Gasteiger partial charge in [-0.2, -0.15) is 13.2 Å². The molecular weight excluding hydrogens is 407 g/mol. The summed E-state index contributed by atoms with van der Waals surface area (Å²) in [6.07, 6.45) is -4.58. The van der Waals surface area contributed by atoms with E-state index >= 15 is 0 Å². The first-order valence-corrected chi connectivity index (χ1v) is 8.02. The third-order valence-corrected chi connectivity index (χ3v) is 3.97. The molecule has 0 aliphatic rings. The van der Waals surface area contributed by atoms with E-state index in [1.807, 2.05) is 0 Å². The summed E-state index contributed by atoms with van der Waals surface area (Å²) in [5.74, 6) is -0.765. The number of benzene rings is 2. The standard InChI is InChI=1S/C16H11ClF3N3O3S/c1-8-2-3-9(6-13(8)23(25)26)14(24)22-15(27)21-12-7-10(16(18,19)20)4-5-11(12)17/h2-7H,1H3,(H2,21,22,24,27). The molecule has 0 radical (unpaired) electrons. The number of nitrogens with zero attached hydrogens (tertiary/aromatic N) is 1. The first-order chi connectivity index (χ1) is 12.5. The molecule has 0 fully saturated rings. The second-order valence-electron chi connectivity index (χ2n) is 5.36. The van der Waals surface area contributed by atoms with Crippen LogP contribution < -0.4 is 10.6 Å². The number of hydrogen-bond acceptors (Lipinski definition) is 4. The minimum atomic E-state index is -4.58. The number of aryl methyl sites for hydroxylation is 1. The van der Waals surface area contributed by atoms with Crippen molar-refractivity contribution in [2.24, 2.45) is 0 Å². The Morgan fingerprint density at radius 1 is 1.22 bits per heavy atom. The molecule has 0 aliphatic heterocycles. The molecule has 0 aromatic heterocycles. The number of carbonyl (C=O) groups is 1. The molecule has 2 aromatic carbocycles. The Bertz CT molecular complexity index is 935. The van der Waals surface area contributed by atoms with Crippen LogP contribution in [0.15, 0.2) is 36.4 Å². The predicted octanol–water partition coefficient (Wildman–Crippen LogP) is 4.70. The number of nitrogens with one attached hydrogen (secondary N) is 2. The Hall–Kier alpha value is -2.72. The molecule has 11 heteroatoms. The zero-order chi connectivity index (χ0) is 20.4. The molecule has 0 saturated heterocycles. The fraction of sp³-hybridized carbons (Fsp3) is 0.125. The fourth-order valence-corrected chi connectivity index (χ4v) is 2.44. The zero-order valence-electron chi connectivity index (χ0n) is 13.6. The molecule has 1 amide bonds. The fourth-order valence-electron chi connectivity index (χ4n) is 2.07. The summed E-state index contributed by atoms with van der Waals surface area (Å²) in [6.45, 7) is 1.52. The quantitative estimate of drug-likeness (QED) is 0.429. The lowest BCUT2D eigenvalue weighted by Crippen LogP contribution is -2.34. The first-order valence-electron chi connectivity index (χ1n) is 7.23. The van der Waals surface area contributed by atoms with Gasteiger partial charge in [-0.3, -0.25) is 20.2 Å². The van der Waals surface area contributed by atoms with E-state index < -0.39 is 22.6 Å². The highest BCUT2D eigenvalue weighted by Gasteiger charge is 2.31. The summed E-state index contributed by atoms with van der Waals surface area (Å²) in [5, 5.41) is 15.2. The highest BCUT2D eigenvalue weighted by atomic mass is 35.5. The molecule has 2 N–H and O–H groups in total. The van der Waals surface area contributed by atoms with Crippen molar-refractivity contribution in [2.45, 2.75) is 13.1 Å². The van der Waals surface area contributed by atoms with Crippen molar-refractivity contribution in [3.8, 4) is 0 Å². The van der Waals surface area contributed by atoms with Gasteiger partial charge in [0.1, 0.15) is 0 Å². The van der Waals surface area contributed by atoms with Crippen LogP contribution in [-0.2, 0) is 6.18 Å². The van der Waals surface area contributed by atoms with E-state index in [2.05, 4.69) is 10.6 Å². The Kier molecular flexibility index (Phi) is 6.01. The lowest BCUT2D eigenvalue weighted by Gasteiger charge is -2.13. The van der Waals surface area contributed by atoms with Gasteiger partial charge >= 0.3 is 6.18 Å². The van der Waals surface area contributed by atoms with Crippen LogP contribution in [0.25, 0.3) is 0 Å². The van der Waals surface area contributed by atoms with Gasteiger partial charge in [0.15, 0.2) is 5.11 Å². The van der Waals surface area contributed by atoms with E-state index in [1.165, 1.54) is 19.1 Å². The third kappa shape index (κ3) is 5.14. The minimum Gasteiger partial charge on any atom is -0.331 e. The molecular formula is C16H11ClF3N3O3S. The van der Waals surface area contributed by atoms with Gasteiger partial charge in [-0.25, -0.2) is 0 Å². The van der Waals surface area contributed by atoms with E-state index in [9.17, 15) is 28.1 Å². The van der Waals surface area contributed by atoms with Crippen LogP contribution in [0.1, 0.15) is 21.5 Å². The maximum absolute atomic E-state index is 12.8. The summed E-state index contributed by atoms with van der Waals surface area (Å²) in [5.41, 5.74) is -1.01. The summed E-state index contributed by atoms with van der Waals surface area (Å²) in [7, 11) is 0. The predicted molar refractivity (Wildman–Crippen MR) is 98.0 cm³/mol. The van der Waals surface area contributed by atoms with Gasteiger partial charge in [-0.1, -0.05) is 17.7 Å². The topological polar surface area (TPSA) is 84.3 Å². The van der Waals surface area contributed by atoms with E-state index in [0.717, 1.165) is 24.3 Å². The SMILES string of the molecule is Cc1ccc(C(=O)NC(=S)Nc2cc(C(F)(F)F)ccc2Cl)cc1[N+](=O)[O-]. The number of hydrogen-bond donors (Lipinski definition) is 2. The minimum absolute atomic E-state index is 0.0356. The van der Waals surface area contributed by atoms with E-state index in [1.54, 1.807) is 0 Å². The highest BCUT2D eigenvalue weighted by Crippen LogP contribution is 2.33. The van der Waals surface area contributed by atoms with Crippen molar-refractivity contribution in [3.63, 3.8) is 0 Å². The molecule has 2 aromatic rings. The van der Waals surface area contributed by atoms with Gasteiger partial charge in [0.2, 0.25) is 0 Å². The lowest BCUT2D eigenvalue weighted by atomic mass is 10.1. The molecule has 27 heavy (non-hydrogen) atoms. The van der Waals surface area contributed by atoms with Crippen molar-refractivity contribution in [2.75, 3.05) is 5.32 Å². The molecule has 0 bridgehead atoms. The van der Waals surface area contributed by atoms with Crippen LogP contribution in [-0.4, -0.2) is 15.9 Å².